The highest BCUT2D eigenvalue weighted by Crippen LogP contribution is 2.36. The van der Waals surface area contributed by atoms with Crippen LogP contribution in [0.3, 0.4) is 0 Å². The maximum absolute atomic E-state index is 10.6. The van der Waals surface area contributed by atoms with Gasteiger partial charge >= 0.3 is 0 Å². The van der Waals surface area contributed by atoms with Gasteiger partial charge in [-0.1, -0.05) is 32.1 Å². The summed E-state index contributed by atoms with van der Waals surface area (Å²) in [6, 6.07) is 5.13. The Morgan fingerprint density at radius 2 is 1.91 bits per heavy atom. The van der Waals surface area contributed by atoms with E-state index in [1.807, 2.05) is 31.5 Å². The Kier molecular flexibility index (Phi) is 8.67. The molecule has 1 aromatic carbocycles. The van der Waals surface area contributed by atoms with Crippen molar-refractivity contribution >= 4 is 17.9 Å². The average molecular weight is 471 g/mol. The quantitative estimate of drug-likeness (QED) is 0.317. The zero-order valence-corrected chi connectivity index (χ0v) is 20.3. The molecule has 2 unspecified atom stereocenters. The standard InChI is InChI=1S/C23H30N6O3S/c1-15-13-24-22(25-14-15)16(2)17(3)33-28-23-27-26-20(11-6-7-12-31-4)29(23)21-18(30)9-8-10-19(21)32-5/h6-10,13-14,16-17,30H,11-12H2,1-5H3,(H,27,28)/b7-6-. The maximum atomic E-state index is 10.6. The highest BCUT2D eigenvalue weighted by atomic mass is 32.2. The number of aromatic hydroxyl groups is 1. The molecule has 2 heterocycles. The number of aromatic nitrogens is 5. The maximum Gasteiger partial charge on any atom is 0.239 e. The molecule has 0 aliphatic heterocycles. The van der Waals surface area contributed by atoms with Crippen molar-refractivity contribution in [2.45, 2.75) is 38.4 Å². The number of phenolic OH excluding ortho intramolecular Hbond substituents is 1. The van der Waals surface area contributed by atoms with Crippen LogP contribution in [0.2, 0.25) is 0 Å². The molecule has 0 radical (unpaired) electrons. The number of para-hydroxylation sites is 1. The largest absolute Gasteiger partial charge is 0.506 e. The Balaban J connectivity index is 1.87. The molecule has 0 spiro atoms. The van der Waals surface area contributed by atoms with Crippen LogP contribution in [-0.4, -0.2) is 55.9 Å². The molecular formula is C23H30N6O3S. The summed E-state index contributed by atoms with van der Waals surface area (Å²) in [5.41, 5.74) is 1.51. The Hall–Kier alpha value is -3.11. The fraction of sp³-hybridized carbons (Fsp3) is 0.391. The number of nitrogens with zero attached hydrogens (tertiary/aromatic N) is 5. The van der Waals surface area contributed by atoms with Gasteiger partial charge in [-0.05, 0) is 36.6 Å². The molecule has 0 saturated carbocycles. The molecule has 2 atom stereocenters. The molecular weight excluding hydrogens is 440 g/mol. The number of hydrogen-bond acceptors (Lipinski definition) is 9. The van der Waals surface area contributed by atoms with Crippen molar-refractivity contribution in [2.75, 3.05) is 25.5 Å². The lowest BCUT2D eigenvalue weighted by Gasteiger charge is -2.20. The summed E-state index contributed by atoms with van der Waals surface area (Å²) in [6.07, 6.45) is 8.02. The van der Waals surface area contributed by atoms with E-state index >= 15 is 0 Å². The third-order valence-electron chi connectivity index (χ3n) is 5.13. The highest BCUT2D eigenvalue weighted by molar-refractivity contribution is 8.01. The van der Waals surface area contributed by atoms with Gasteiger partial charge in [0.25, 0.3) is 0 Å². The second-order valence-electron chi connectivity index (χ2n) is 7.57. The van der Waals surface area contributed by atoms with Gasteiger partial charge < -0.3 is 14.6 Å². The first-order chi connectivity index (χ1) is 16.0. The van der Waals surface area contributed by atoms with E-state index in [0.29, 0.717) is 36.2 Å². The van der Waals surface area contributed by atoms with Gasteiger partial charge in [-0.2, -0.15) is 0 Å². The van der Waals surface area contributed by atoms with E-state index < -0.39 is 0 Å². The first-order valence-electron chi connectivity index (χ1n) is 10.6. The SMILES string of the molecule is COC/C=C\Cc1nnc(NSC(C)C(C)c2ncc(C)cn2)n1-c1c(O)cccc1OC. The van der Waals surface area contributed by atoms with Gasteiger partial charge in [-0.25, -0.2) is 9.97 Å². The number of ether oxygens (including phenoxy) is 2. The molecule has 9 nitrogen and oxygen atoms in total. The van der Waals surface area contributed by atoms with Crippen LogP contribution < -0.4 is 9.46 Å². The lowest BCUT2D eigenvalue weighted by atomic mass is 10.1. The van der Waals surface area contributed by atoms with Gasteiger partial charge in [0.15, 0.2) is 0 Å². The number of anilines is 1. The molecule has 2 N–H and O–H groups in total. The second-order valence-corrected chi connectivity index (χ2v) is 8.75. The molecule has 0 fully saturated rings. The van der Waals surface area contributed by atoms with Gasteiger partial charge in [-0.15, -0.1) is 10.2 Å². The predicted molar refractivity (Wildman–Crippen MR) is 130 cm³/mol. The predicted octanol–water partition coefficient (Wildman–Crippen LogP) is 4.08. The number of aryl methyl sites for hydroxylation is 1. The fourth-order valence-electron chi connectivity index (χ4n) is 3.10. The summed E-state index contributed by atoms with van der Waals surface area (Å²) in [5, 5.41) is 19.5. The van der Waals surface area contributed by atoms with Crippen LogP contribution in [0.1, 0.15) is 37.0 Å². The third-order valence-corrected chi connectivity index (χ3v) is 6.21. The molecule has 0 saturated heterocycles. The minimum absolute atomic E-state index is 0.0683. The normalized spacial score (nSPS) is 13.2. The smallest absolute Gasteiger partial charge is 0.239 e. The van der Waals surface area contributed by atoms with Crippen molar-refractivity contribution in [1.29, 1.82) is 0 Å². The van der Waals surface area contributed by atoms with Gasteiger partial charge in [0, 0.05) is 37.1 Å². The number of benzene rings is 1. The van der Waals surface area contributed by atoms with Crippen LogP contribution in [0.5, 0.6) is 11.5 Å². The monoisotopic (exact) mass is 470 g/mol. The van der Waals surface area contributed by atoms with Crippen LogP contribution in [-0.2, 0) is 11.2 Å². The third kappa shape index (κ3) is 6.02. The Morgan fingerprint density at radius 3 is 2.61 bits per heavy atom. The van der Waals surface area contributed by atoms with Crippen LogP contribution in [0.25, 0.3) is 5.69 Å². The fourth-order valence-corrected chi connectivity index (χ4v) is 3.85. The first-order valence-corrected chi connectivity index (χ1v) is 11.5. The van der Waals surface area contributed by atoms with Crippen molar-refractivity contribution < 1.29 is 14.6 Å². The Bertz CT molecular complexity index is 1070. The Labute approximate surface area is 198 Å². The number of methoxy groups -OCH3 is 2. The first kappa shape index (κ1) is 24.5. The lowest BCUT2D eigenvalue weighted by molar-refractivity contribution is 0.233. The van der Waals surface area contributed by atoms with Crippen molar-refractivity contribution in [2.24, 2.45) is 0 Å². The number of nitrogens with one attached hydrogen (secondary N) is 1. The molecule has 10 heteroatoms. The van der Waals surface area contributed by atoms with Crippen molar-refractivity contribution in [3.8, 4) is 17.2 Å². The summed E-state index contributed by atoms with van der Waals surface area (Å²) in [6.45, 7) is 6.66. The number of allylic oxidation sites excluding steroid dienone is 1. The number of rotatable bonds is 11. The average Bonchev–Trinajstić information content (AvgIpc) is 3.22. The summed E-state index contributed by atoms with van der Waals surface area (Å²) in [5.74, 6) is 2.61. The highest BCUT2D eigenvalue weighted by Gasteiger charge is 2.22. The van der Waals surface area contributed by atoms with E-state index in [2.05, 4.69) is 38.7 Å². The summed E-state index contributed by atoms with van der Waals surface area (Å²) < 4.78 is 15.7. The number of hydrogen-bond donors (Lipinski definition) is 2. The van der Waals surface area contributed by atoms with E-state index in [1.54, 1.807) is 37.0 Å². The van der Waals surface area contributed by atoms with E-state index in [-0.39, 0.29) is 16.9 Å². The summed E-state index contributed by atoms with van der Waals surface area (Å²) in [7, 11) is 3.21. The summed E-state index contributed by atoms with van der Waals surface area (Å²) in [4.78, 5) is 8.91. The minimum atomic E-state index is 0.0683. The van der Waals surface area contributed by atoms with Gasteiger partial charge in [0.1, 0.15) is 28.8 Å². The molecule has 0 amide bonds. The molecule has 3 rings (SSSR count). The van der Waals surface area contributed by atoms with Gasteiger partial charge in [0.2, 0.25) is 5.95 Å². The molecule has 0 bridgehead atoms. The van der Waals surface area contributed by atoms with Crippen LogP contribution in [0.4, 0.5) is 5.95 Å². The van der Waals surface area contributed by atoms with Crippen molar-refractivity contribution in [3.05, 3.63) is 60.0 Å². The van der Waals surface area contributed by atoms with Crippen molar-refractivity contribution in [3.63, 3.8) is 0 Å². The van der Waals surface area contributed by atoms with Crippen LogP contribution in [0.15, 0.2) is 42.7 Å². The van der Waals surface area contributed by atoms with Gasteiger partial charge in [0.05, 0.1) is 13.7 Å². The molecule has 3 aromatic rings. The zero-order chi connectivity index (χ0) is 23.8. The Morgan fingerprint density at radius 1 is 1.15 bits per heavy atom. The van der Waals surface area contributed by atoms with Crippen molar-refractivity contribution in [1.82, 2.24) is 24.7 Å². The minimum Gasteiger partial charge on any atom is -0.506 e. The van der Waals surface area contributed by atoms with E-state index in [4.69, 9.17) is 9.47 Å². The molecule has 0 aliphatic rings. The molecule has 2 aromatic heterocycles. The zero-order valence-electron chi connectivity index (χ0n) is 19.5. The molecule has 176 valence electrons. The molecule has 0 aliphatic carbocycles. The topological polar surface area (TPSA) is 107 Å². The summed E-state index contributed by atoms with van der Waals surface area (Å²) >= 11 is 1.50. The van der Waals surface area contributed by atoms with Crippen LogP contribution in [0, 0.1) is 6.92 Å². The van der Waals surface area contributed by atoms with E-state index in [0.717, 1.165) is 11.4 Å². The second kappa shape index (κ2) is 11.7. The van der Waals surface area contributed by atoms with Crippen LogP contribution >= 0.6 is 11.9 Å². The molecule has 33 heavy (non-hydrogen) atoms. The van der Waals surface area contributed by atoms with Gasteiger partial charge in [-0.3, -0.25) is 9.29 Å². The lowest BCUT2D eigenvalue weighted by Crippen LogP contribution is -2.15. The number of phenols is 1. The van der Waals surface area contributed by atoms with E-state index in [9.17, 15) is 5.11 Å². The van der Waals surface area contributed by atoms with E-state index in [1.165, 1.54) is 11.9 Å².